The number of amides is 1. The Kier molecular flexibility index (Phi) is 5.60. The van der Waals surface area contributed by atoms with Gasteiger partial charge < -0.3 is 5.32 Å². The molecule has 0 heterocycles. The van der Waals surface area contributed by atoms with Gasteiger partial charge in [0.2, 0.25) is 5.91 Å². The summed E-state index contributed by atoms with van der Waals surface area (Å²) in [4.78, 5) is 14.7. The third-order valence-corrected chi connectivity index (χ3v) is 5.44. The van der Waals surface area contributed by atoms with Crippen LogP contribution in [0.3, 0.4) is 0 Å². The van der Waals surface area contributed by atoms with E-state index in [-0.39, 0.29) is 10.9 Å². The molecule has 1 aliphatic rings. The first-order valence-electron chi connectivity index (χ1n) is 9.56. The molecule has 4 rings (SSSR count). The molecule has 3 aromatic rings. The van der Waals surface area contributed by atoms with Gasteiger partial charge in [-0.2, -0.15) is 0 Å². The predicted molar refractivity (Wildman–Crippen MR) is 112 cm³/mol. The molecule has 3 nitrogen and oxygen atoms in total. The molecule has 0 atom stereocenters. The van der Waals surface area contributed by atoms with Crippen molar-refractivity contribution >= 4 is 34.0 Å². The van der Waals surface area contributed by atoms with Crippen molar-refractivity contribution in [3.8, 4) is 0 Å². The van der Waals surface area contributed by atoms with Crippen molar-refractivity contribution in [2.45, 2.75) is 31.8 Å². The van der Waals surface area contributed by atoms with Crippen LogP contribution in [0.15, 0.2) is 60.7 Å². The number of hydrogen-bond donors (Lipinski definition) is 1. The Hall–Kier alpha value is -2.43. The summed E-state index contributed by atoms with van der Waals surface area (Å²) in [5, 5.41) is 5.31. The van der Waals surface area contributed by atoms with Crippen LogP contribution in [0.25, 0.3) is 10.8 Å². The molecule has 1 amide bonds. The lowest BCUT2D eigenvalue weighted by molar-refractivity contribution is -0.116. The Morgan fingerprint density at radius 2 is 1.89 bits per heavy atom. The fraction of sp³-hybridized carbons (Fsp3) is 0.261. The molecule has 0 radical (unpaired) electrons. The van der Waals surface area contributed by atoms with Crippen LogP contribution in [0, 0.1) is 5.82 Å². The number of anilines is 1. The van der Waals surface area contributed by atoms with Crippen LogP contribution >= 0.6 is 11.6 Å². The van der Waals surface area contributed by atoms with Gasteiger partial charge in [0.15, 0.2) is 0 Å². The molecule has 28 heavy (non-hydrogen) atoms. The van der Waals surface area contributed by atoms with Crippen molar-refractivity contribution in [2.24, 2.45) is 0 Å². The van der Waals surface area contributed by atoms with E-state index in [9.17, 15) is 9.18 Å². The maximum absolute atomic E-state index is 13.3. The molecule has 0 unspecified atom stereocenters. The third-order valence-electron chi connectivity index (χ3n) is 5.15. The van der Waals surface area contributed by atoms with Gasteiger partial charge in [0.05, 0.1) is 5.02 Å². The minimum atomic E-state index is -0.491. The smallest absolute Gasteiger partial charge is 0.225 e. The number of nitrogens with one attached hydrogen (secondary N) is 1. The molecule has 5 heteroatoms. The summed E-state index contributed by atoms with van der Waals surface area (Å²) in [5.41, 5.74) is 1.80. The molecule has 0 aromatic heterocycles. The normalized spacial score (nSPS) is 13.8. The number of halogens is 2. The number of nitrogens with zero attached hydrogens (tertiary/aromatic N) is 1. The Labute approximate surface area is 169 Å². The highest BCUT2D eigenvalue weighted by atomic mass is 35.5. The molecule has 1 N–H and O–H groups in total. The molecule has 0 bridgehead atoms. The second kappa shape index (κ2) is 8.29. The van der Waals surface area contributed by atoms with Crippen LogP contribution < -0.4 is 5.32 Å². The molecule has 1 saturated carbocycles. The Morgan fingerprint density at radius 1 is 1.11 bits per heavy atom. The Morgan fingerprint density at radius 3 is 2.68 bits per heavy atom. The molecule has 1 fully saturated rings. The topological polar surface area (TPSA) is 32.3 Å². The highest BCUT2D eigenvalue weighted by molar-refractivity contribution is 6.31. The summed E-state index contributed by atoms with van der Waals surface area (Å²) in [5.74, 6) is -0.582. The van der Waals surface area contributed by atoms with E-state index in [2.05, 4.69) is 52.7 Å². The molecule has 1 aliphatic carbocycles. The summed E-state index contributed by atoms with van der Waals surface area (Å²) in [6.45, 7) is 1.52. The van der Waals surface area contributed by atoms with Crippen LogP contribution in [0.1, 0.15) is 24.8 Å². The lowest BCUT2D eigenvalue weighted by Gasteiger charge is -2.22. The highest BCUT2D eigenvalue weighted by Crippen LogP contribution is 2.30. The number of fused-ring (bicyclic) bond motifs is 1. The van der Waals surface area contributed by atoms with E-state index >= 15 is 0 Å². The van der Waals surface area contributed by atoms with Gasteiger partial charge in [0, 0.05) is 31.2 Å². The van der Waals surface area contributed by atoms with Crippen molar-refractivity contribution in [1.29, 1.82) is 0 Å². The zero-order valence-corrected chi connectivity index (χ0v) is 16.3. The van der Waals surface area contributed by atoms with E-state index in [1.54, 1.807) is 0 Å². The fourth-order valence-corrected chi connectivity index (χ4v) is 3.70. The molecule has 3 aromatic carbocycles. The van der Waals surface area contributed by atoms with Gasteiger partial charge in [-0.05, 0) is 47.4 Å². The van der Waals surface area contributed by atoms with Crippen LogP contribution in [0.2, 0.25) is 5.02 Å². The maximum Gasteiger partial charge on any atom is 0.225 e. The van der Waals surface area contributed by atoms with Crippen molar-refractivity contribution < 1.29 is 9.18 Å². The van der Waals surface area contributed by atoms with Gasteiger partial charge in [-0.3, -0.25) is 9.69 Å². The zero-order valence-electron chi connectivity index (χ0n) is 15.5. The van der Waals surface area contributed by atoms with Gasteiger partial charge in [-0.15, -0.1) is 0 Å². The van der Waals surface area contributed by atoms with E-state index in [1.807, 2.05) is 0 Å². The molecule has 0 spiro atoms. The number of hydrogen-bond acceptors (Lipinski definition) is 2. The van der Waals surface area contributed by atoms with E-state index in [0.29, 0.717) is 24.7 Å². The molecular formula is C23H22ClFN2O. The Bertz CT molecular complexity index is 998. The third kappa shape index (κ3) is 4.51. The molecule has 144 valence electrons. The van der Waals surface area contributed by atoms with Crippen molar-refractivity contribution in [3.05, 3.63) is 77.1 Å². The zero-order chi connectivity index (χ0) is 19.5. The van der Waals surface area contributed by atoms with E-state index in [4.69, 9.17) is 11.6 Å². The van der Waals surface area contributed by atoms with Crippen molar-refractivity contribution in [2.75, 3.05) is 11.9 Å². The quantitative estimate of drug-likeness (QED) is 0.561. The SMILES string of the molecule is O=C(CCN(Cc1cccc2ccccc12)C1CC1)Nc1ccc(F)c(Cl)c1. The summed E-state index contributed by atoms with van der Waals surface area (Å²) >= 11 is 5.78. The molecule has 0 saturated heterocycles. The first-order chi connectivity index (χ1) is 13.6. The highest BCUT2D eigenvalue weighted by Gasteiger charge is 2.29. The Balaban J connectivity index is 1.40. The summed E-state index contributed by atoms with van der Waals surface area (Å²) in [7, 11) is 0. The lowest BCUT2D eigenvalue weighted by atomic mass is 10.0. The van der Waals surface area contributed by atoms with E-state index < -0.39 is 5.82 Å². The maximum atomic E-state index is 13.3. The first kappa shape index (κ1) is 18.9. The van der Waals surface area contributed by atoms with E-state index in [0.717, 1.165) is 6.54 Å². The van der Waals surface area contributed by atoms with Gasteiger partial charge in [-0.1, -0.05) is 54.1 Å². The average molecular weight is 397 g/mol. The standard InChI is InChI=1S/C23H22ClFN2O/c24-21-14-18(8-11-22(21)25)26-23(28)12-13-27(19-9-10-19)15-17-6-3-5-16-4-1-2-7-20(16)17/h1-8,11,14,19H,9-10,12-13,15H2,(H,26,28). The van der Waals surface area contributed by atoms with Crippen LogP contribution in [0.5, 0.6) is 0 Å². The van der Waals surface area contributed by atoms with Gasteiger partial charge in [-0.25, -0.2) is 4.39 Å². The summed E-state index contributed by atoms with van der Waals surface area (Å²) < 4.78 is 13.3. The average Bonchev–Trinajstić information content (AvgIpc) is 3.53. The summed E-state index contributed by atoms with van der Waals surface area (Å²) in [6.07, 6.45) is 2.75. The van der Waals surface area contributed by atoms with Gasteiger partial charge in [0.1, 0.15) is 5.82 Å². The van der Waals surface area contributed by atoms with Gasteiger partial charge >= 0.3 is 0 Å². The minimum Gasteiger partial charge on any atom is -0.326 e. The van der Waals surface area contributed by atoms with Crippen LogP contribution in [0.4, 0.5) is 10.1 Å². The number of carbonyl (C=O) groups is 1. The number of rotatable bonds is 7. The van der Waals surface area contributed by atoms with Crippen LogP contribution in [-0.4, -0.2) is 23.4 Å². The largest absolute Gasteiger partial charge is 0.326 e. The summed E-state index contributed by atoms with van der Waals surface area (Å²) in [6, 6.07) is 19.5. The minimum absolute atomic E-state index is 0.00774. The second-order valence-electron chi connectivity index (χ2n) is 7.27. The van der Waals surface area contributed by atoms with Crippen LogP contribution in [-0.2, 0) is 11.3 Å². The monoisotopic (exact) mass is 396 g/mol. The number of benzene rings is 3. The van der Waals surface area contributed by atoms with Crippen molar-refractivity contribution in [1.82, 2.24) is 4.90 Å². The second-order valence-corrected chi connectivity index (χ2v) is 7.67. The van der Waals surface area contributed by atoms with Gasteiger partial charge in [0.25, 0.3) is 0 Å². The predicted octanol–water partition coefficient (Wildman–Crippen LogP) is 5.63. The molecular weight excluding hydrogens is 375 g/mol. The molecule has 0 aliphatic heterocycles. The number of carbonyl (C=O) groups excluding carboxylic acids is 1. The van der Waals surface area contributed by atoms with Crippen molar-refractivity contribution in [3.63, 3.8) is 0 Å². The first-order valence-corrected chi connectivity index (χ1v) is 9.93. The van der Waals surface area contributed by atoms with E-state index in [1.165, 1.54) is 47.4 Å². The fourth-order valence-electron chi connectivity index (χ4n) is 3.52. The lowest BCUT2D eigenvalue weighted by Crippen LogP contribution is -2.29.